The first-order valence-corrected chi connectivity index (χ1v) is 16.1. The van der Waals surface area contributed by atoms with Crippen LogP contribution in [0.4, 0.5) is 15.8 Å². The molecular formula is C33H31FN2O2S2. The number of anilines is 2. The summed E-state index contributed by atoms with van der Waals surface area (Å²) in [5, 5.41) is 3.96. The lowest BCUT2D eigenvalue weighted by molar-refractivity contribution is 0.218. The largest absolute Gasteiger partial charge is 0.339 e. The molecule has 0 saturated heterocycles. The zero-order chi connectivity index (χ0) is 27.7. The van der Waals surface area contributed by atoms with Gasteiger partial charge in [-0.2, -0.15) is 15.6 Å². The van der Waals surface area contributed by atoms with Gasteiger partial charge in [-0.3, -0.25) is 0 Å². The third-order valence-electron chi connectivity index (χ3n) is 8.16. The number of rotatable bonds is 3. The van der Waals surface area contributed by atoms with E-state index in [1.54, 1.807) is 40.9 Å². The predicted molar refractivity (Wildman–Crippen MR) is 161 cm³/mol. The van der Waals surface area contributed by atoms with Gasteiger partial charge in [0.2, 0.25) is 10.0 Å². The van der Waals surface area contributed by atoms with Crippen LogP contribution in [-0.4, -0.2) is 32.4 Å². The van der Waals surface area contributed by atoms with Gasteiger partial charge in [-0.15, -0.1) is 0 Å². The molecule has 0 unspecified atom stereocenters. The van der Waals surface area contributed by atoms with Crippen molar-refractivity contribution in [2.45, 2.75) is 43.0 Å². The van der Waals surface area contributed by atoms with Crippen LogP contribution >= 0.6 is 11.3 Å². The Morgan fingerprint density at radius 1 is 0.925 bits per heavy atom. The van der Waals surface area contributed by atoms with Crippen molar-refractivity contribution in [2.24, 2.45) is 5.92 Å². The van der Waals surface area contributed by atoms with E-state index < -0.39 is 10.0 Å². The number of nitrogens with zero attached hydrogens (tertiary/aromatic N) is 2. The molecule has 0 bridgehead atoms. The number of hydrogen-bond acceptors (Lipinski definition) is 4. The highest BCUT2D eigenvalue weighted by Crippen LogP contribution is 2.43. The Balaban J connectivity index is 1.59. The van der Waals surface area contributed by atoms with Crippen molar-refractivity contribution in [3.05, 3.63) is 101 Å². The van der Waals surface area contributed by atoms with E-state index >= 15 is 0 Å². The second-order valence-electron chi connectivity index (χ2n) is 10.6. The first-order chi connectivity index (χ1) is 19.4. The van der Waals surface area contributed by atoms with Crippen molar-refractivity contribution in [3.63, 3.8) is 0 Å². The van der Waals surface area contributed by atoms with Crippen LogP contribution in [0.5, 0.6) is 0 Å². The molecule has 1 aliphatic heterocycles. The number of sulfonamides is 1. The Morgan fingerprint density at radius 3 is 2.38 bits per heavy atom. The molecule has 4 nitrogen and oxygen atoms in total. The van der Waals surface area contributed by atoms with Gasteiger partial charge in [0.25, 0.3) is 0 Å². The molecule has 204 valence electrons. The van der Waals surface area contributed by atoms with Crippen molar-refractivity contribution >= 4 is 32.7 Å². The fourth-order valence-corrected chi connectivity index (χ4v) is 8.18. The Hall–Kier alpha value is -3.44. The standard InChI is InChI=1S/C33H31FN2O2S2/c1-35-32(26-8-4-2-5-9-26)22-36(29-10-6-3-7-11-29)31-20-27(13-12-24-18-19-39-23-24)30(21-33(31)40(35,37)38)25-14-16-28(34)17-15-25/h3,6-7,10-11,14-21,23,26,32H,2,4-5,8-9,22H2,1H3/t32-/m0/s1. The quantitative estimate of drug-likeness (QED) is 0.237. The van der Waals surface area contributed by atoms with E-state index in [1.165, 1.54) is 18.6 Å². The van der Waals surface area contributed by atoms with E-state index in [-0.39, 0.29) is 16.8 Å². The third-order valence-corrected chi connectivity index (χ3v) is 10.8. The van der Waals surface area contributed by atoms with E-state index in [2.05, 4.69) is 16.7 Å². The number of hydrogen-bond donors (Lipinski definition) is 0. The number of halogens is 1. The second-order valence-corrected chi connectivity index (χ2v) is 13.3. The van der Waals surface area contributed by atoms with Gasteiger partial charge in [0.1, 0.15) is 10.7 Å². The molecule has 1 atom stereocenters. The SMILES string of the molecule is CN1[C@H](C2CCCCC2)CN(c2ccccc2)c2cc(C#Cc3ccsc3)c(-c3ccc(F)cc3)cc2S1(=O)=O. The van der Waals surface area contributed by atoms with Crippen LogP contribution < -0.4 is 4.90 Å². The lowest BCUT2D eigenvalue weighted by atomic mass is 9.83. The van der Waals surface area contributed by atoms with Gasteiger partial charge in [-0.1, -0.05) is 61.4 Å². The molecular weight excluding hydrogens is 540 g/mol. The fourth-order valence-electron chi connectivity index (χ4n) is 5.98. The molecule has 0 amide bonds. The Kier molecular flexibility index (Phi) is 7.50. The monoisotopic (exact) mass is 570 g/mol. The van der Waals surface area contributed by atoms with Gasteiger partial charge in [0, 0.05) is 41.8 Å². The number of para-hydroxylation sites is 1. The van der Waals surface area contributed by atoms with Crippen molar-refractivity contribution in [1.29, 1.82) is 0 Å². The number of benzene rings is 3. The summed E-state index contributed by atoms with van der Waals surface area (Å²) < 4.78 is 44.2. The third kappa shape index (κ3) is 5.19. The van der Waals surface area contributed by atoms with E-state index in [0.29, 0.717) is 29.3 Å². The second kappa shape index (κ2) is 11.2. The highest BCUT2D eigenvalue weighted by Gasteiger charge is 2.41. The van der Waals surface area contributed by atoms with Crippen molar-refractivity contribution in [2.75, 3.05) is 18.5 Å². The van der Waals surface area contributed by atoms with Crippen LogP contribution in [0, 0.1) is 23.6 Å². The maximum absolute atomic E-state index is 14.4. The van der Waals surface area contributed by atoms with Gasteiger partial charge < -0.3 is 4.90 Å². The zero-order valence-corrected chi connectivity index (χ0v) is 24.0. The van der Waals surface area contributed by atoms with Crippen LogP contribution in [0.3, 0.4) is 0 Å². The van der Waals surface area contributed by atoms with Crippen molar-refractivity contribution < 1.29 is 12.8 Å². The molecule has 0 radical (unpaired) electrons. The van der Waals surface area contributed by atoms with Gasteiger partial charge in [-0.25, -0.2) is 12.8 Å². The summed E-state index contributed by atoms with van der Waals surface area (Å²) in [5.74, 6) is 6.50. The highest BCUT2D eigenvalue weighted by atomic mass is 32.2. The first kappa shape index (κ1) is 26.8. The predicted octanol–water partition coefficient (Wildman–Crippen LogP) is 7.68. The normalized spacial score (nSPS) is 19.4. The van der Waals surface area contributed by atoms with Gasteiger partial charge in [0.15, 0.2) is 0 Å². The van der Waals surface area contributed by atoms with Crippen molar-refractivity contribution in [3.8, 4) is 23.0 Å². The van der Waals surface area contributed by atoms with E-state index in [4.69, 9.17) is 0 Å². The molecule has 40 heavy (non-hydrogen) atoms. The summed E-state index contributed by atoms with van der Waals surface area (Å²) in [4.78, 5) is 2.40. The summed E-state index contributed by atoms with van der Waals surface area (Å²) >= 11 is 1.58. The Labute approximate surface area is 240 Å². The Morgan fingerprint density at radius 2 is 1.68 bits per heavy atom. The summed E-state index contributed by atoms with van der Waals surface area (Å²) in [6.45, 7) is 0.560. The summed E-state index contributed by atoms with van der Waals surface area (Å²) in [7, 11) is -2.11. The molecule has 0 spiro atoms. The average molecular weight is 571 g/mol. The summed E-state index contributed by atoms with van der Waals surface area (Å²) in [6.07, 6.45) is 5.52. The van der Waals surface area contributed by atoms with E-state index in [9.17, 15) is 12.8 Å². The lowest BCUT2D eigenvalue weighted by Gasteiger charge is -2.36. The minimum atomic E-state index is -3.84. The van der Waals surface area contributed by atoms with Crippen molar-refractivity contribution in [1.82, 2.24) is 4.31 Å². The first-order valence-electron chi connectivity index (χ1n) is 13.7. The van der Waals surface area contributed by atoms with E-state index in [1.807, 2.05) is 53.2 Å². The van der Waals surface area contributed by atoms with Gasteiger partial charge in [0.05, 0.1) is 5.69 Å². The minimum Gasteiger partial charge on any atom is -0.339 e. The molecule has 1 aliphatic carbocycles. The molecule has 0 N–H and O–H groups in total. The molecule has 3 aromatic carbocycles. The molecule has 2 heterocycles. The number of fused-ring (bicyclic) bond motifs is 1. The number of thiophene rings is 1. The maximum atomic E-state index is 14.4. The highest BCUT2D eigenvalue weighted by molar-refractivity contribution is 7.89. The van der Waals surface area contributed by atoms with Crippen LogP contribution in [0.2, 0.25) is 0 Å². The molecule has 6 rings (SSSR count). The lowest BCUT2D eigenvalue weighted by Crippen LogP contribution is -2.46. The minimum absolute atomic E-state index is 0.160. The Bertz CT molecular complexity index is 1650. The molecule has 2 aliphatic rings. The van der Waals surface area contributed by atoms with Crippen LogP contribution in [-0.2, 0) is 10.0 Å². The van der Waals surface area contributed by atoms with Gasteiger partial charge in [-0.05, 0) is 77.7 Å². The average Bonchev–Trinajstić information content (AvgIpc) is 3.49. The fraction of sp³-hybridized carbons (Fsp3) is 0.273. The van der Waals surface area contributed by atoms with E-state index in [0.717, 1.165) is 42.5 Å². The molecule has 4 aromatic rings. The molecule has 1 aromatic heterocycles. The van der Waals surface area contributed by atoms with Crippen LogP contribution in [0.1, 0.15) is 43.2 Å². The summed E-state index contributed by atoms with van der Waals surface area (Å²) in [6, 6.07) is 21.6. The van der Waals surface area contributed by atoms with Crippen LogP contribution in [0.15, 0.2) is 88.5 Å². The van der Waals surface area contributed by atoms with Crippen LogP contribution in [0.25, 0.3) is 11.1 Å². The smallest absolute Gasteiger partial charge is 0.245 e. The molecule has 1 saturated carbocycles. The topological polar surface area (TPSA) is 40.6 Å². The maximum Gasteiger partial charge on any atom is 0.245 e. The summed E-state index contributed by atoms with van der Waals surface area (Å²) in [5.41, 5.74) is 4.55. The zero-order valence-electron chi connectivity index (χ0n) is 22.4. The molecule has 1 fully saturated rings. The number of likely N-dealkylation sites (N-methyl/N-ethyl adjacent to an activating group) is 1. The van der Waals surface area contributed by atoms with Gasteiger partial charge >= 0.3 is 0 Å². The molecule has 7 heteroatoms.